The molecule has 0 bridgehead atoms. The van der Waals surface area contributed by atoms with Crippen molar-refractivity contribution in [1.82, 2.24) is 19.9 Å². The van der Waals surface area contributed by atoms with Crippen LogP contribution in [-0.4, -0.2) is 26.2 Å². The third-order valence-electron chi connectivity index (χ3n) is 5.83. The number of ketones is 1. The third kappa shape index (κ3) is 4.66. The molecule has 0 saturated carbocycles. The Labute approximate surface area is 197 Å². The zero-order valence-electron chi connectivity index (χ0n) is 19.5. The molecule has 34 heavy (non-hydrogen) atoms. The van der Waals surface area contributed by atoms with Crippen molar-refractivity contribution in [3.05, 3.63) is 88.8 Å². The van der Waals surface area contributed by atoms with E-state index in [4.69, 9.17) is 0 Å². The van der Waals surface area contributed by atoms with Gasteiger partial charge in [0.15, 0.2) is 11.5 Å². The maximum atomic E-state index is 13.5. The first kappa shape index (κ1) is 23.1. The molecule has 2 N–H and O–H groups in total. The third-order valence-corrected chi connectivity index (χ3v) is 5.83. The van der Waals surface area contributed by atoms with Crippen molar-refractivity contribution < 1.29 is 14.0 Å². The highest BCUT2D eigenvalue weighted by atomic mass is 19.1. The van der Waals surface area contributed by atoms with Crippen molar-refractivity contribution in [2.45, 2.75) is 33.4 Å². The minimum absolute atomic E-state index is 0.0262. The molecule has 2 aromatic carbocycles. The van der Waals surface area contributed by atoms with E-state index in [1.54, 1.807) is 26.0 Å². The molecule has 1 atom stereocenters. The van der Waals surface area contributed by atoms with Crippen LogP contribution in [0.1, 0.15) is 57.4 Å². The van der Waals surface area contributed by atoms with Crippen molar-refractivity contribution >= 4 is 28.4 Å². The molecule has 2 aromatic heterocycles. The van der Waals surface area contributed by atoms with Crippen LogP contribution in [0.2, 0.25) is 0 Å². The van der Waals surface area contributed by atoms with Gasteiger partial charge in [0, 0.05) is 31.4 Å². The molecular formula is C26H26FN5O2. The van der Waals surface area contributed by atoms with Gasteiger partial charge in [-0.25, -0.2) is 14.4 Å². The highest BCUT2D eigenvalue weighted by Crippen LogP contribution is 2.28. The van der Waals surface area contributed by atoms with Crippen LogP contribution in [0.15, 0.2) is 55.0 Å². The Kier molecular flexibility index (Phi) is 6.40. The summed E-state index contributed by atoms with van der Waals surface area (Å²) in [6.45, 7) is 5.50. The molecule has 174 valence electrons. The molecule has 2 heterocycles. The monoisotopic (exact) mass is 459 g/mol. The van der Waals surface area contributed by atoms with Gasteiger partial charge in [-0.3, -0.25) is 9.59 Å². The number of anilines is 1. The SMILES string of the molecule is CC(=O)c1ccc(C(C)Nc2cn(C)c3c(C(=O)NCc4ccc(F)c(C)c4)ncnc23)cc1. The second-order valence-electron chi connectivity index (χ2n) is 8.38. The summed E-state index contributed by atoms with van der Waals surface area (Å²) in [5, 5.41) is 6.30. The van der Waals surface area contributed by atoms with Gasteiger partial charge in [0.05, 0.1) is 5.69 Å². The van der Waals surface area contributed by atoms with Crippen LogP contribution in [0.3, 0.4) is 0 Å². The van der Waals surface area contributed by atoms with Gasteiger partial charge in [0.1, 0.15) is 23.2 Å². The van der Waals surface area contributed by atoms with Crippen LogP contribution in [0, 0.1) is 12.7 Å². The molecule has 0 spiro atoms. The lowest BCUT2D eigenvalue weighted by atomic mass is 10.0. The molecule has 0 aliphatic carbocycles. The van der Waals surface area contributed by atoms with Crippen LogP contribution in [-0.2, 0) is 13.6 Å². The number of fused-ring (bicyclic) bond motifs is 1. The van der Waals surface area contributed by atoms with Gasteiger partial charge in [-0.1, -0.05) is 36.4 Å². The predicted molar refractivity (Wildman–Crippen MR) is 129 cm³/mol. The smallest absolute Gasteiger partial charge is 0.272 e. The fraction of sp³-hybridized carbons (Fsp3) is 0.231. The van der Waals surface area contributed by atoms with Crippen LogP contribution >= 0.6 is 0 Å². The predicted octanol–water partition coefficient (Wildman–Crippen LogP) is 4.72. The number of carbonyl (C=O) groups is 2. The van der Waals surface area contributed by atoms with Gasteiger partial charge in [-0.05, 0) is 43.5 Å². The number of Topliss-reactive ketones (excluding diaryl/α,β-unsaturated/α-hetero) is 1. The van der Waals surface area contributed by atoms with Crippen LogP contribution < -0.4 is 10.6 Å². The number of benzene rings is 2. The number of rotatable bonds is 7. The topological polar surface area (TPSA) is 88.9 Å². The summed E-state index contributed by atoms with van der Waals surface area (Å²) in [6.07, 6.45) is 3.25. The lowest BCUT2D eigenvalue weighted by molar-refractivity contribution is 0.0946. The Bertz CT molecular complexity index is 1380. The Morgan fingerprint density at radius 3 is 2.53 bits per heavy atom. The normalized spacial score (nSPS) is 11.9. The minimum Gasteiger partial charge on any atom is -0.376 e. The second-order valence-corrected chi connectivity index (χ2v) is 8.38. The highest BCUT2D eigenvalue weighted by molar-refractivity contribution is 6.06. The van der Waals surface area contributed by atoms with Crippen molar-refractivity contribution in [2.24, 2.45) is 7.05 Å². The summed E-state index contributed by atoms with van der Waals surface area (Å²) in [4.78, 5) is 33.1. The van der Waals surface area contributed by atoms with E-state index in [0.29, 0.717) is 22.2 Å². The zero-order valence-corrected chi connectivity index (χ0v) is 19.5. The zero-order chi connectivity index (χ0) is 24.4. The standard InChI is InChI=1S/C26H26FN5O2/c1-15-11-18(5-10-21(15)27)12-28-26(34)24-25-23(29-14-30-24)22(13-32(25)4)31-16(2)19-6-8-20(9-7-19)17(3)33/h5-11,13-14,16,31H,12H2,1-4H3,(H,28,34). The molecular weight excluding hydrogens is 433 g/mol. The average molecular weight is 460 g/mol. The molecule has 0 aliphatic heterocycles. The maximum Gasteiger partial charge on any atom is 0.272 e. The molecule has 1 amide bonds. The Balaban J connectivity index is 1.55. The number of carbonyl (C=O) groups excluding carboxylic acids is 2. The maximum absolute atomic E-state index is 13.5. The Morgan fingerprint density at radius 2 is 1.85 bits per heavy atom. The number of aryl methyl sites for hydroxylation is 2. The lowest BCUT2D eigenvalue weighted by Crippen LogP contribution is -2.24. The van der Waals surface area contributed by atoms with E-state index in [1.807, 2.05) is 49.0 Å². The number of amides is 1. The Morgan fingerprint density at radius 1 is 1.12 bits per heavy atom. The van der Waals surface area contributed by atoms with Crippen LogP contribution in [0.5, 0.6) is 0 Å². The van der Waals surface area contributed by atoms with E-state index < -0.39 is 0 Å². The lowest BCUT2D eigenvalue weighted by Gasteiger charge is -2.15. The average Bonchev–Trinajstić information content (AvgIpc) is 3.14. The van der Waals surface area contributed by atoms with Gasteiger partial charge in [-0.15, -0.1) is 0 Å². The number of aromatic nitrogens is 3. The molecule has 4 rings (SSSR count). The van der Waals surface area contributed by atoms with E-state index in [9.17, 15) is 14.0 Å². The van der Waals surface area contributed by atoms with Crippen molar-refractivity contribution in [3.8, 4) is 0 Å². The molecule has 0 saturated heterocycles. The Hall–Kier alpha value is -4.07. The molecule has 4 aromatic rings. The molecule has 0 aliphatic rings. The van der Waals surface area contributed by atoms with Gasteiger partial charge in [0.25, 0.3) is 5.91 Å². The molecule has 0 radical (unpaired) electrons. The van der Waals surface area contributed by atoms with E-state index in [0.717, 1.165) is 16.8 Å². The fourth-order valence-electron chi connectivity index (χ4n) is 3.91. The summed E-state index contributed by atoms with van der Waals surface area (Å²) in [5.74, 6) is -0.589. The molecule has 7 nitrogen and oxygen atoms in total. The number of halogens is 1. The quantitative estimate of drug-likeness (QED) is 0.391. The van der Waals surface area contributed by atoms with E-state index in [-0.39, 0.29) is 35.8 Å². The summed E-state index contributed by atoms with van der Waals surface area (Å²) in [6, 6.07) is 12.2. The van der Waals surface area contributed by atoms with Crippen molar-refractivity contribution in [1.29, 1.82) is 0 Å². The first-order valence-electron chi connectivity index (χ1n) is 10.9. The van der Waals surface area contributed by atoms with Gasteiger partial charge in [-0.2, -0.15) is 0 Å². The number of hydrogen-bond donors (Lipinski definition) is 2. The van der Waals surface area contributed by atoms with Gasteiger partial charge < -0.3 is 15.2 Å². The molecule has 1 unspecified atom stereocenters. The van der Waals surface area contributed by atoms with E-state index >= 15 is 0 Å². The summed E-state index contributed by atoms with van der Waals surface area (Å²) >= 11 is 0. The van der Waals surface area contributed by atoms with Crippen molar-refractivity contribution in [2.75, 3.05) is 5.32 Å². The highest BCUT2D eigenvalue weighted by Gasteiger charge is 2.19. The van der Waals surface area contributed by atoms with Gasteiger partial charge >= 0.3 is 0 Å². The summed E-state index contributed by atoms with van der Waals surface area (Å²) < 4.78 is 15.3. The number of nitrogens with one attached hydrogen (secondary N) is 2. The number of nitrogens with zero attached hydrogens (tertiary/aromatic N) is 3. The summed E-state index contributed by atoms with van der Waals surface area (Å²) in [5.41, 5.74) is 5.29. The molecule has 8 heteroatoms. The second kappa shape index (κ2) is 9.43. The van der Waals surface area contributed by atoms with Crippen LogP contribution in [0.4, 0.5) is 10.1 Å². The first-order valence-corrected chi connectivity index (χ1v) is 10.9. The van der Waals surface area contributed by atoms with Crippen LogP contribution in [0.25, 0.3) is 11.0 Å². The minimum atomic E-state index is -0.338. The van der Waals surface area contributed by atoms with E-state index in [1.165, 1.54) is 12.4 Å². The van der Waals surface area contributed by atoms with E-state index in [2.05, 4.69) is 20.6 Å². The fourth-order valence-corrected chi connectivity index (χ4v) is 3.91. The largest absolute Gasteiger partial charge is 0.376 e. The van der Waals surface area contributed by atoms with Gasteiger partial charge in [0.2, 0.25) is 0 Å². The molecule has 0 fully saturated rings. The summed E-state index contributed by atoms with van der Waals surface area (Å²) in [7, 11) is 1.84. The van der Waals surface area contributed by atoms with Crippen molar-refractivity contribution in [3.63, 3.8) is 0 Å². The number of hydrogen-bond acceptors (Lipinski definition) is 5. The first-order chi connectivity index (χ1) is 16.2.